The first-order valence-electron chi connectivity index (χ1n) is 14.5. The zero-order chi connectivity index (χ0) is 30.8. The van der Waals surface area contributed by atoms with E-state index in [2.05, 4.69) is 56.6 Å². The molecular weight excluding hydrogens is 537 g/mol. The number of aliphatic carboxylic acids is 1. The molecule has 1 amide bonds. The van der Waals surface area contributed by atoms with E-state index in [9.17, 15) is 18.8 Å². The van der Waals surface area contributed by atoms with Crippen LogP contribution in [-0.2, 0) is 15.0 Å². The van der Waals surface area contributed by atoms with Gasteiger partial charge in [0.2, 0.25) is 5.91 Å². The number of hydrogen-bond acceptors (Lipinski definition) is 6. The van der Waals surface area contributed by atoms with Crippen LogP contribution in [0.5, 0.6) is 0 Å². The largest absolute Gasteiger partial charge is 0.481 e. The van der Waals surface area contributed by atoms with Gasteiger partial charge in [-0.25, -0.2) is 13.9 Å². The number of carbonyl (C=O) groups excluding carboxylic acids is 2. The molecule has 1 aromatic carbocycles. The zero-order valence-corrected chi connectivity index (χ0v) is 25.4. The monoisotopic (exact) mass is 579 g/mol. The molecule has 1 aliphatic carbocycles. The zero-order valence-electron chi connectivity index (χ0n) is 25.4. The number of amides is 1. The molecule has 3 aromatic rings. The Bertz CT molecular complexity index is 1440. The number of aldehydes is 1. The summed E-state index contributed by atoms with van der Waals surface area (Å²) in [5.74, 6) is -0.980. The summed E-state index contributed by atoms with van der Waals surface area (Å²) in [6, 6.07) is 8.14. The number of fused-ring (bicyclic) bond motifs is 1. The summed E-state index contributed by atoms with van der Waals surface area (Å²) < 4.78 is 14.7. The fourth-order valence-electron chi connectivity index (χ4n) is 5.64. The van der Waals surface area contributed by atoms with Gasteiger partial charge in [0.1, 0.15) is 11.5 Å². The summed E-state index contributed by atoms with van der Waals surface area (Å²) in [6.07, 6.45) is 5.04. The van der Waals surface area contributed by atoms with Crippen LogP contribution in [0.4, 0.5) is 4.39 Å². The molecule has 0 spiro atoms. The minimum Gasteiger partial charge on any atom is -0.481 e. The van der Waals surface area contributed by atoms with Gasteiger partial charge in [-0.15, -0.1) is 0 Å². The van der Waals surface area contributed by atoms with E-state index < -0.39 is 5.97 Å². The fourth-order valence-corrected chi connectivity index (χ4v) is 5.64. The first kappa shape index (κ1) is 31.3. The van der Waals surface area contributed by atoms with Crippen molar-refractivity contribution in [1.82, 2.24) is 24.4 Å². The molecular formula is C32H42FN5O4. The Morgan fingerprint density at radius 2 is 1.67 bits per heavy atom. The first-order chi connectivity index (χ1) is 19.7. The molecule has 9 nitrogen and oxygen atoms in total. The third-order valence-electron chi connectivity index (χ3n) is 8.57. The van der Waals surface area contributed by atoms with Crippen molar-refractivity contribution in [1.29, 1.82) is 0 Å². The summed E-state index contributed by atoms with van der Waals surface area (Å²) >= 11 is 0. The number of piperazine rings is 1. The van der Waals surface area contributed by atoms with E-state index in [0.717, 1.165) is 43.6 Å². The van der Waals surface area contributed by atoms with Crippen LogP contribution < -0.4 is 0 Å². The number of hydrogen-bond donors (Lipinski definition) is 1. The minimum absolute atomic E-state index is 0.0200. The molecule has 1 saturated heterocycles. The van der Waals surface area contributed by atoms with Crippen LogP contribution in [0.2, 0.25) is 0 Å². The number of carbonyl (C=O) groups is 3. The third-order valence-corrected chi connectivity index (χ3v) is 8.57. The van der Waals surface area contributed by atoms with Gasteiger partial charge in [0.15, 0.2) is 11.9 Å². The summed E-state index contributed by atoms with van der Waals surface area (Å²) in [5.41, 5.74) is 3.38. The highest BCUT2D eigenvalue weighted by Gasteiger charge is 2.37. The second-order valence-electron chi connectivity index (χ2n) is 13.1. The van der Waals surface area contributed by atoms with Crippen LogP contribution in [0, 0.1) is 17.7 Å². The Hall–Kier alpha value is -3.66. The number of nitrogens with zero attached hydrogens (tertiary/aromatic N) is 5. The van der Waals surface area contributed by atoms with Crippen molar-refractivity contribution in [2.75, 3.05) is 26.7 Å². The second-order valence-corrected chi connectivity index (χ2v) is 13.1. The number of rotatable bonds is 4. The molecule has 1 saturated carbocycles. The topological polar surface area (TPSA) is 108 Å². The number of halogens is 1. The standard InChI is InChI=1S/C17H16FN3O.C15H26N2O3/c1-17(2,3)14-8-15(11-4-6-12(18)7-5-11)20-21-9-13(10-22)19-16(14)21;1-15(2)10-17(9-8-16(15)3)13(18)11-4-6-12(7-5-11)14(19)20/h4-10H,1-3H3;11-12H,4-10H2,1-3H3,(H,19,20). The second kappa shape index (κ2) is 12.3. The van der Waals surface area contributed by atoms with Gasteiger partial charge in [0.25, 0.3) is 0 Å². The summed E-state index contributed by atoms with van der Waals surface area (Å²) in [4.78, 5) is 43.1. The maximum Gasteiger partial charge on any atom is 0.306 e. The summed E-state index contributed by atoms with van der Waals surface area (Å²) in [5, 5.41) is 13.5. The van der Waals surface area contributed by atoms with E-state index in [0.29, 0.717) is 36.2 Å². The van der Waals surface area contributed by atoms with Gasteiger partial charge in [-0.3, -0.25) is 19.3 Å². The maximum atomic E-state index is 13.1. The van der Waals surface area contributed by atoms with Gasteiger partial charge in [-0.1, -0.05) is 20.8 Å². The average Bonchev–Trinajstić information content (AvgIpc) is 3.37. The van der Waals surface area contributed by atoms with Crippen molar-refractivity contribution in [2.45, 2.75) is 71.3 Å². The lowest BCUT2D eigenvalue weighted by Gasteiger charge is -2.46. The Morgan fingerprint density at radius 1 is 1.05 bits per heavy atom. The van der Waals surface area contributed by atoms with E-state index in [4.69, 9.17) is 5.11 Å². The van der Waals surface area contributed by atoms with Crippen LogP contribution in [0.3, 0.4) is 0 Å². The first-order valence-corrected chi connectivity index (χ1v) is 14.5. The number of likely N-dealkylation sites (N-methyl/N-ethyl adjacent to an activating group) is 1. The molecule has 0 atom stereocenters. The molecule has 5 rings (SSSR count). The van der Waals surface area contributed by atoms with Crippen LogP contribution >= 0.6 is 0 Å². The van der Waals surface area contributed by atoms with Gasteiger partial charge < -0.3 is 10.0 Å². The van der Waals surface area contributed by atoms with Crippen molar-refractivity contribution in [3.05, 3.63) is 53.6 Å². The van der Waals surface area contributed by atoms with Gasteiger partial charge in [-0.2, -0.15) is 5.10 Å². The smallest absolute Gasteiger partial charge is 0.306 e. The lowest BCUT2D eigenvalue weighted by Crippen LogP contribution is -2.59. The SMILES string of the molecule is CC(C)(C)c1cc(-c2ccc(F)cc2)nn2cc(C=O)nc12.CN1CCN(C(=O)C2CCC(C(=O)O)CC2)CC1(C)C. The molecule has 42 heavy (non-hydrogen) atoms. The van der Waals surface area contributed by atoms with Crippen LogP contribution in [0.15, 0.2) is 36.5 Å². The fraction of sp³-hybridized carbons (Fsp3) is 0.531. The summed E-state index contributed by atoms with van der Waals surface area (Å²) in [7, 11) is 2.10. The predicted molar refractivity (Wildman–Crippen MR) is 159 cm³/mol. The van der Waals surface area contributed by atoms with Gasteiger partial charge in [0.05, 0.1) is 17.8 Å². The number of benzene rings is 1. The molecule has 2 fully saturated rings. The lowest BCUT2D eigenvalue weighted by molar-refractivity contribution is -0.147. The van der Waals surface area contributed by atoms with Crippen molar-refractivity contribution in [3.63, 3.8) is 0 Å². The molecule has 0 radical (unpaired) electrons. The Kier molecular flexibility index (Phi) is 9.15. The molecule has 0 unspecified atom stereocenters. The highest BCUT2D eigenvalue weighted by molar-refractivity contribution is 5.80. The van der Waals surface area contributed by atoms with E-state index in [1.807, 2.05) is 11.0 Å². The van der Waals surface area contributed by atoms with Gasteiger partial charge >= 0.3 is 5.97 Å². The average molecular weight is 580 g/mol. The molecule has 2 aromatic heterocycles. The molecule has 0 bridgehead atoms. The van der Waals surface area contributed by atoms with Crippen LogP contribution in [0.25, 0.3) is 16.9 Å². The predicted octanol–water partition coefficient (Wildman–Crippen LogP) is 5.08. The van der Waals surface area contributed by atoms with Crippen LogP contribution in [-0.4, -0.2) is 79.9 Å². The van der Waals surface area contributed by atoms with Crippen molar-refractivity contribution < 1.29 is 23.9 Å². The van der Waals surface area contributed by atoms with Crippen LogP contribution in [0.1, 0.15) is 76.4 Å². The van der Waals surface area contributed by atoms with E-state index in [-0.39, 0.29) is 34.5 Å². The maximum absolute atomic E-state index is 13.1. The molecule has 10 heteroatoms. The summed E-state index contributed by atoms with van der Waals surface area (Å²) in [6.45, 7) is 13.0. The highest BCUT2D eigenvalue weighted by atomic mass is 19.1. The molecule has 1 aliphatic heterocycles. The number of carboxylic acids is 1. The van der Waals surface area contributed by atoms with Crippen molar-refractivity contribution >= 4 is 23.8 Å². The Balaban J connectivity index is 0.000000194. The van der Waals surface area contributed by atoms with E-state index >= 15 is 0 Å². The van der Waals surface area contributed by atoms with Gasteiger partial charge in [0, 0.05) is 42.2 Å². The van der Waals surface area contributed by atoms with Crippen molar-refractivity contribution in [3.8, 4) is 11.3 Å². The molecule has 1 N–H and O–H groups in total. The Morgan fingerprint density at radius 3 is 2.21 bits per heavy atom. The lowest BCUT2D eigenvalue weighted by atomic mass is 9.81. The molecule has 2 aliphatic rings. The normalized spacial score (nSPS) is 21.0. The van der Waals surface area contributed by atoms with E-state index in [1.54, 1.807) is 22.8 Å². The number of carboxylic acid groups (broad SMARTS) is 1. The van der Waals surface area contributed by atoms with Crippen molar-refractivity contribution in [2.24, 2.45) is 11.8 Å². The third kappa shape index (κ3) is 7.03. The quantitative estimate of drug-likeness (QED) is 0.430. The highest BCUT2D eigenvalue weighted by Crippen LogP contribution is 2.32. The number of aromatic nitrogens is 3. The van der Waals surface area contributed by atoms with E-state index in [1.165, 1.54) is 12.1 Å². The minimum atomic E-state index is -0.711. The number of imidazole rings is 1. The molecule has 226 valence electrons. The Labute approximate surface area is 246 Å². The molecule has 3 heterocycles. The van der Waals surface area contributed by atoms with Gasteiger partial charge in [-0.05, 0) is 82.3 Å².